The van der Waals surface area contributed by atoms with E-state index in [4.69, 9.17) is 0 Å². The molecule has 0 fully saturated rings. The molecule has 0 aliphatic rings. The third-order valence-electron chi connectivity index (χ3n) is 10.6. The van der Waals surface area contributed by atoms with Crippen LogP contribution in [0.1, 0.15) is 0 Å². The van der Waals surface area contributed by atoms with Crippen molar-refractivity contribution in [3.63, 3.8) is 0 Å². The Morgan fingerprint density at radius 2 is 0.667 bits per heavy atom. The minimum Gasteiger partial charge on any atom is -0.309 e. The van der Waals surface area contributed by atoms with E-state index in [-0.39, 0.29) is 0 Å². The number of nitrogens with zero attached hydrogens (tertiary/aromatic N) is 3. The Hall–Kier alpha value is -6.84. The van der Waals surface area contributed by atoms with E-state index in [1.165, 1.54) is 76.5 Å². The number of hydrogen-bond acceptors (Lipinski definition) is 0. The fourth-order valence-electron chi connectivity index (χ4n) is 8.45. The van der Waals surface area contributed by atoms with Crippen molar-refractivity contribution in [3.05, 3.63) is 188 Å². The van der Waals surface area contributed by atoms with E-state index in [0.717, 1.165) is 17.1 Å². The normalized spacial score (nSPS) is 11.9. The lowest BCUT2D eigenvalue weighted by Gasteiger charge is -2.14. The molecule has 3 heteroatoms. The summed E-state index contributed by atoms with van der Waals surface area (Å²) in [6.45, 7) is 0. The first-order valence-electron chi connectivity index (χ1n) is 17.5. The molecular weight excluding hydrogens is 619 g/mol. The minimum atomic E-state index is 1.13. The summed E-state index contributed by atoms with van der Waals surface area (Å²) in [5.41, 5.74) is 13.1. The van der Waals surface area contributed by atoms with Crippen LogP contribution >= 0.6 is 0 Å². The molecule has 51 heavy (non-hydrogen) atoms. The van der Waals surface area contributed by atoms with Crippen LogP contribution in [-0.2, 0) is 0 Å². The number of hydrogen-bond donors (Lipinski definition) is 0. The lowest BCUT2D eigenvalue weighted by Crippen LogP contribution is -1.99. The third kappa shape index (κ3) is 4.06. The maximum atomic E-state index is 2.49. The quantitative estimate of drug-likeness (QED) is 0.180. The van der Waals surface area contributed by atoms with Gasteiger partial charge in [-0.1, -0.05) is 133 Å². The lowest BCUT2D eigenvalue weighted by molar-refractivity contribution is 1.14. The zero-order valence-electron chi connectivity index (χ0n) is 27.7. The maximum Gasteiger partial charge on any atom is 0.0788 e. The number of aromatic nitrogens is 3. The van der Waals surface area contributed by atoms with Gasteiger partial charge in [-0.05, 0) is 65.7 Å². The Kier molecular flexibility index (Phi) is 5.96. The molecule has 0 radical (unpaired) electrons. The highest BCUT2D eigenvalue weighted by Gasteiger charge is 2.22. The standard InChI is InChI=1S/C48H31N3/c1-3-14-32(15-4-1)33-16-13-19-35(30-33)49-43-23-10-7-20-37(43)40-27-26-36(31-46(40)49)51-45-25-12-9-22-39(45)42-29-28-41-38-21-8-11-24-44(38)50(47(41)48(42)51)34-17-5-2-6-18-34/h1-31H. The fourth-order valence-corrected chi connectivity index (χ4v) is 8.45. The van der Waals surface area contributed by atoms with Crippen molar-refractivity contribution in [3.8, 4) is 28.2 Å². The summed E-state index contributed by atoms with van der Waals surface area (Å²) in [6, 6.07) is 68.4. The topological polar surface area (TPSA) is 14.8 Å². The van der Waals surface area contributed by atoms with Crippen molar-refractivity contribution < 1.29 is 0 Å². The molecular formula is C48H31N3. The second kappa shape index (κ2) is 10.8. The predicted octanol–water partition coefficient (Wildman–Crippen LogP) is 12.6. The van der Waals surface area contributed by atoms with Crippen molar-refractivity contribution in [2.75, 3.05) is 0 Å². The Labute approximate surface area is 294 Å². The molecule has 0 N–H and O–H groups in total. The van der Waals surface area contributed by atoms with Crippen molar-refractivity contribution >= 4 is 65.4 Å². The van der Waals surface area contributed by atoms with Gasteiger partial charge in [-0.2, -0.15) is 0 Å². The molecule has 3 nitrogen and oxygen atoms in total. The van der Waals surface area contributed by atoms with Gasteiger partial charge in [-0.3, -0.25) is 0 Å². The molecule has 238 valence electrons. The van der Waals surface area contributed by atoms with E-state index in [0.29, 0.717) is 0 Å². The van der Waals surface area contributed by atoms with Crippen molar-refractivity contribution in [1.29, 1.82) is 0 Å². The molecule has 0 aliphatic carbocycles. The molecule has 0 saturated heterocycles. The Balaban J connectivity index is 1.26. The summed E-state index contributed by atoms with van der Waals surface area (Å²) in [5.74, 6) is 0. The number of benzene rings is 8. The Morgan fingerprint density at radius 1 is 0.235 bits per heavy atom. The number of para-hydroxylation sites is 4. The Bertz CT molecular complexity index is 3120. The summed E-state index contributed by atoms with van der Waals surface area (Å²) in [4.78, 5) is 0. The van der Waals surface area contributed by atoms with E-state index in [1.807, 2.05) is 0 Å². The summed E-state index contributed by atoms with van der Waals surface area (Å²) in [5, 5.41) is 7.48. The first-order valence-corrected chi connectivity index (χ1v) is 17.5. The van der Waals surface area contributed by atoms with E-state index in [9.17, 15) is 0 Å². The van der Waals surface area contributed by atoms with Gasteiger partial charge in [-0.15, -0.1) is 0 Å². The van der Waals surface area contributed by atoms with Gasteiger partial charge in [0.1, 0.15) is 0 Å². The second-order valence-electron chi connectivity index (χ2n) is 13.4. The molecule has 11 rings (SSSR count). The summed E-state index contributed by atoms with van der Waals surface area (Å²) in [7, 11) is 0. The van der Waals surface area contributed by atoms with Gasteiger partial charge in [-0.25, -0.2) is 0 Å². The van der Waals surface area contributed by atoms with Gasteiger partial charge in [0.25, 0.3) is 0 Å². The minimum absolute atomic E-state index is 1.13. The van der Waals surface area contributed by atoms with E-state index >= 15 is 0 Å². The molecule has 3 heterocycles. The monoisotopic (exact) mass is 649 g/mol. The maximum absolute atomic E-state index is 2.49. The SMILES string of the molecule is c1ccc(-c2cccc(-n3c4ccccc4c4ccc(-n5c6ccccc6c6ccc7c8ccccc8n(-c8ccccc8)c7c65)cc43)c2)cc1. The van der Waals surface area contributed by atoms with Gasteiger partial charge in [0.05, 0.1) is 33.1 Å². The van der Waals surface area contributed by atoms with Crippen LogP contribution in [0.4, 0.5) is 0 Å². The molecule has 8 aromatic carbocycles. The molecule has 0 amide bonds. The van der Waals surface area contributed by atoms with E-state index in [2.05, 4.69) is 202 Å². The van der Waals surface area contributed by atoms with Crippen LogP contribution in [-0.4, -0.2) is 13.7 Å². The molecule has 3 aromatic heterocycles. The second-order valence-corrected chi connectivity index (χ2v) is 13.4. The fraction of sp³-hybridized carbons (Fsp3) is 0. The zero-order valence-corrected chi connectivity index (χ0v) is 27.7. The van der Waals surface area contributed by atoms with Gasteiger partial charge >= 0.3 is 0 Å². The molecule has 0 atom stereocenters. The average molecular weight is 650 g/mol. The third-order valence-corrected chi connectivity index (χ3v) is 10.6. The van der Waals surface area contributed by atoms with Crippen molar-refractivity contribution in [2.24, 2.45) is 0 Å². The zero-order chi connectivity index (χ0) is 33.5. The van der Waals surface area contributed by atoms with Crippen molar-refractivity contribution in [1.82, 2.24) is 13.7 Å². The molecule has 0 bridgehead atoms. The average Bonchev–Trinajstić information content (AvgIpc) is 3.84. The van der Waals surface area contributed by atoms with E-state index < -0.39 is 0 Å². The highest BCUT2D eigenvalue weighted by Crippen LogP contribution is 2.42. The largest absolute Gasteiger partial charge is 0.309 e. The van der Waals surface area contributed by atoms with Crippen LogP contribution in [0, 0.1) is 0 Å². The van der Waals surface area contributed by atoms with Crippen LogP contribution < -0.4 is 0 Å². The van der Waals surface area contributed by atoms with Gasteiger partial charge in [0, 0.05) is 49.4 Å². The number of fused-ring (bicyclic) bond motifs is 10. The smallest absolute Gasteiger partial charge is 0.0788 e. The first kappa shape index (κ1) is 28.0. The first-order chi connectivity index (χ1) is 25.3. The van der Waals surface area contributed by atoms with Crippen LogP contribution in [0.25, 0.3) is 93.6 Å². The predicted molar refractivity (Wildman–Crippen MR) is 215 cm³/mol. The summed E-state index contributed by atoms with van der Waals surface area (Å²) in [6.07, 6.45) is 0. The lowest BCUT2D eigenvalue weighted by atomic mass is 10.1. The van der Waals surface area contributed by atoms with Crippen LogP contribution in [0.5, 0.6) is 0 Å². The van der Waals surface area contributed by atoms with Gasteiger partial charge in [0.2, 0.25) is 0 Å². The summed E-state index contributed by atoms with van der Waals surface area (Å²) >= 11 is 0. The van der Waals surface area contributed by atoms with Crippen LogP contribution in [0.15, 0.2) is 188 Å². The Morgan fingerprint density at radius 3 is 1.31 bits per heavy atom. The molecule has 0 unspecified atom stereocenters. The molecule has 0 saturated carbocycles. The van der Waals surface area contributed by atoms with Crippen LogP contribution in [0.3, 0.4) is 0 Å². The molecule has 11 aromatic rings. The van der Waals surface area contributed by atoms with Gasteiger partial charge in [0.15, 0.2) is 0 Å². The van der Waals surface area contributed by atoms with Gasteiger partial charge < -0.3 is 13.7 Å². The molecule has 0 aliphatic heterocycles. The highest BCUT2D eigenvalue weighted by atomic mass is 15.1. The summed E-state index contributed by atoms with van der Waals surface area (Å²) < 4.78 is 7.38. The highest BCUT2D eigenvalue weighted by molar-refractivity contribution is 6.24. The van der Waals surface area contributed by atoms with Crippen molar-refractivity contribution in [2.45, 2.75) is 0 Å². The van der Waals surface area contributed by atoms with E-state index in [1.54, 1.807) is 0 Å². The number of rotatable bonds is 4. The molecule has 0 spiro atoms. The van der Waals surface area contributed by atoms with Crippen LogP contribution in [0.2, 0.25) is 0 Å².